The summed E-state index contributed by atoms with van der Waals surface area (Å²) in [7, 11) is 3.42. The Hall–Kier alpha value is -3.81. The summed E-state index contributed by atoms with van der Waals surface area (Å²) in [5, 5.41) is 4.08. The second-order valence-electron chi connectivity index (χ2n) is 7.77. The van der Waals surface area contributed by atoms with Crippen LogP contribution in [0.25, 0.3) is 22.4 Å². The fourth-order valence-electron chi connectivity index (χ4n) is 3.35. The normalized spacial score (nSPS) is 11.2. The Labute approximate surface area is 179 Å². The Morgan fingerprint density at radius 3 is 2.55 bits per heavy atom. The number of pyridine rings is 1. The van der Waals surface area contributed by atoms with E-state index in [2.05, 4.69) is 34.1 Å². The quantitative estimate of drug-likeness (QED) is 0.489. The SMILES string of the molecule is CC(C)c1cnc(-c2ccc(F)cc2)nc1Nc1ccnc2[nH]cc(C(=O)N(C)C)c12. The third kappa shape index (κ3) is 3.96. The highest BCUT2D eigenvalue weighted by Crippen LogP contribution is 2.32. The Bertz CT molecular complexity index is 1250. The number of hydrogen-bond donors (Lipinski definition) is 2. The van der Waals surface area contributed by atoms with Gasteiger partial charge in [-0.3, -0.25) is 4.79 Å². The van der Waals surface area contributed by atoms with E-state index in [-0.39, 0.29) is 17.6 Å². The minimum Gasteiger partial charge on any atom is -0.345 e. The van der Waals surface area contributed by atoms with Gasteiger partial charge in [0.2, 0.25) is 0 Å². The molecular weight excluding hydrogens is 395 g/mol. The molecule has 0 atom stereocenters. The number of carbonyl (C=O) groups excluding carboxylic acids is 1. The Balaban J connectivity index is 1.82. The fourth-order valence-corrected chi connectivity index (χ4v) is 3.35. The van der Waals surface area contributed by atoms with Crippen molar-refractivity contribution in [2.24, 2.45) is 0 Å². The number of amides is 1. The second kappa shape index (κ2) is 8.14. The summed E-state index contributed by atoms with van der Waals surface area (Å²) in [6.07, 6.45) is 5.11. The van der Waals surface area contributed by atoms with Crippen molar-refractivity contribution in [1.82, 2.24) is 24.8 Å². The van der Waals surface area contributed by atoms with Crippen molar-refractivity contribution < 1.29 is 9.18 Å². The Kier molecular flexibility index (Phi) is 5.37. The van der Waals surface area contributed by atoms with Gasteiger partial charge in [0.1, 0.15) is 17.3 Å². The van der Waals surface area contributed by atoms with Gasteiger partial charge in [0.15, 0.2) is 5.82 Å². The van der Waals surface area contributed by atoms with Crippen molar-refractivity contribution in [3.8, 4) is 11.4 Å². The average Bonchev–Trinajstić information content (AvgIpc) is 3.18. The molecule has 4 aromatic rings. The standard InChI is InChI=1S/C23H23FN6O/c1-13(2)16-11-26-20(14-5-7-15(24)8-6-14)29-21(16)28-18-9-10-25-22-19(18)17(12-27-22)23(31)30(3)4/h5-13H,1-4H3,(H2,25,26,27,28,29). The minimum absolute atomic E-state index is 0.124. The molecule has 158 valence electrons. The number of carbonyl (C=O) groups is 1. The molecule has 0 saturated heterocycles. The molecule has 3 heterocycles. The molecule has 0 saturated carbocycles. The van der Waals surface area contributed by atoms with Crippen molar-refractivity contribution in [1.29, 1.82) is 0 Å². The second-order valence-corrected chi connectivity index (χ2v) is 7.77. The molecule has 4 rings (SSSR count). The highest BCUT2D eigenvalue weighted by atomic mass is 19.1. The van der Waals surface area contributed by atoms with Crippen LogP contribution in [0.4, 0.5) is 15.9 Å². The van der Waals surface area contributed by atoms with Gasteiger partial charge < -0.3 is 15.2 Å². The van der Waals surface area contributed by atoms with E-state index in [1.54, 1.807) is 44.8 Å². The highest BCUT2D eigenvalue weighted by molar-refractivity contribution is 6.10. The molecule has 2 N–H and O–H groups in total. The lowest BCUT2D eigenvalue weighted by Gasteiger charge is -2.16. The smallest absolute Gasteiger partial charge is 0.255 e. The predicted molar refractivity (Wildman–Crippen MR) is 119 cm³/mol. The molecule has 3 aromatic heterocycles. The lowest BCUT2D eigenvalue weighted by Crippen LogP contribution is -2.21. The van der Waals surface area contributed by atoms with Gasteiger partial charge in [-0.25, -0.2) is 19.3 Å². The maximum atomic E-state index is 13.3. The van der Waals surface area contributed by atoms with Crippen LogP contribution >= 0.6 is 0 Å². The molecule has 0 fully saturated rings. The van der Waals surface area contributed by atoms with E-state index >= 15 is 0 Å². The molecule has 0 spiro atoms. The number of halogens is 1. The zero-order chi connectivity index (χ0) is 22.1. The monoisotopic (exact) mass is 418 g/mol. The largest absolute Gasteiger partial charge is 0.345 e. The van der Waals surface area contributed by atoms with Crippen LogP contribution in [0.15, 0.2) is 48.9 Å². The van der Waals surface area contributed by atoms with Crippen molar-refractivity contribution >= 4 is 28.4 Å². The number of aromatic nitrogens is 4. The van der Waals surface area contributed by atoms with Gasteiger partial charge in [0.25, 0.3) is 5.91 Å². The summed E-state index contributed by atoms with van der Waals surface area (Å²) in [6, 6.07) is 7.87. The number of fused-ring (bicyclic) bond motifs is 1. The van der Waals surface area contributed by atoms with E-state index < -0.39 is 0 Å². The number of aromatic amines is 1. The number of hydrogen-bond acceptors (Lipinski definition) is 5. The van der Waals surface area contributed by atoms with Crippen molar-refractivity contribution in [2.75, 3.05) is 19.4 Å². The molecule has 0 unspecified atom stereocenters. The molecule has 0 aliphatic rings. The molecule has 31 heavy (non-hydrogen) atoms. The Morgan fingerprint density at radius 1 is 1.13 bits per heavy atom. The van der Waals surface area contributed by atoms with Crippen LogP contribution in [0.1, 0.15) is 35.7 Å². The maximum Gasteiger partial charge on any atom is 0.255 e. The van der Waals surface area contributed by atoms with Crippen LogP contribution in [0.2, 0.25) is 0 Å². The van der Waals surface area contributed by atoms with Crippen LogP contribution in [0.5, 0.6) is 0 Å². The third-order valence-electron chi connectivity index (χ3n) is 5.00. The number of nitrogens with zero attached hydrogens (tertiary/aromatic N) is 4. The van der Waals surface area contributed by atoms with Gasteiger partial charge in [0.05, 0.1) is 16.6 Å². The van der Waals surface area contributed by atoms with E-state index in [1.165, 1.54) is 17.0 Å². The summed E-state index contributed by atoms with van der Waals surface area (Å²) >= 11 is 0. The number of nitrogens with one attached hydrogen (secondary N) is 2. The summed E-state index contributed by atoms with van der Waals surface area (Å²) in [4.78, 5) is 30.8. The van der Waals surface area contributed by atoms with Gasteiger partial charge in [-0.15, -0.1) is 0 Å². The van der Waals surface area contributed by atoms with Crippen molar-refractivity contribution in [3.63, 3.8) is 0 Å². The van der Waals surface area contributed by atoms with Crippen LogP contribution < -0.4 is 5.32 Å². The van der Waals surface area contributed by atoms with Crippen LogP contribution in [-0.2, 0) is 0 Å². The number of rotatable bonds is 5. The lowest BCUT2D eigenvalue weighted by molar-refractivity contribution is 0.0829. The topological polar surface area (TPSA) is 86.8 Å². The molecule has 7 nitrogen and oxygen atoms in total. The molecule has 0 aliphatic carbocycles. The first-order valence-corrected chi connectivity index (χ1v) is 9.92. The third-order valence-corrected chi connectivity index (χ3v) is 5.00. The highest BCUT2D eigenvalue weighted by Gasteiger charge is 2.19. The Morgan fingerprint density at radius 2 is 1.87 bits per heavy atom. The van der Waals surface area contributed by atoms with Crippen LogP contribution in [-0.4, -0.2) is 44.8 Å². The lowest BCUT2D eigenvalue weighted by atomic mass is 10.1. The number of H-pyrrole nitrogens is 1. The minimum atomic E-state index is -0.314. The first-order chi connectivity index (χ1) is 14.8. The molecule has 0 bridgehead atoms. The molecule has 1 aromatic carbocycles. The van der Waals surface area contributed by atoms with Gasteiger partial charge in [-0.05, 0) is 36.2 Å². The van der Waals surface area contributed by atoms with E-state index in [4.69, 9.17) is 4.98 Å². The summed E-state index contributed by atoms with van der Waals surface area (Å²) in [5.74, 6) is 0.833. The van der Waals surface area contributed by atoms with E-state index in [1.807, 2.05) is 6.07 Å². The predicted octanol–water partition coefficient (Wildman–Crippen LogP) is 4.73. The molecular formula is C23H23FN6O. The van der Waals surface area contributed by atoms with E-state index in [0.717, 1.165) is 5.56 Å². The summed E-state index contributed by atoms with van der Waals surface area (Å²) in [5.41, 5.74) is 3.47. The van der Waals surface area contributed by atoms with Gasteiger partial charge in [-0.2, -0.15) is 0 Å². The zero-order valence-corrected chi connectivity index (χ0v) is 17.8. The van der Waals surface area contributed by atoms with Gasteiger partial charge in [-0.1, -0.05) is 13.8 Å². The zero-order valence-electron chi connectivity index (χ0n) is 17.8. The first-order valence-electron chi connectivity index (χ1n) is 9.92. The number of anilines is 2. The van der Waals surface area contributed by atoms with Crippen LogP contribution in [0.3, 0.4) is 0 Å². The van der Waals surface area contributed by atoms with Gasteiger partial charge in [0, 0.05) is 43.8 Å². The summed E-state index contributed by atoms with van der Waals surface area (Å²) in [6.45, 7) is 4.11. The number of benzene rings is 1. The van der Waals surface area contributed by atoms with Crippen molar-refractivity contribution in [3.05, 3.63) is 65.9 Å². The van der Waals surface area contributed by atoms with E-state index in [9.17, 15) is 9.18 Å². The molecule has 0 aliphatic heterocycles. The first kappa shape index (κ1) is 20.5. The van der Waals surface area contributed by atoms with E-state index in [0.29, 0.717) is 39.5 Å². The van der Waals surface area contributed by atoms with Crippen molar-refractivity contribution in [2.45, 2.75) is 19.8 Å². The van der Waals surface area contributed by atoms with Gasteiger partial charge >= 0.3 is 0 Å². The molecule has 1 amide bonds. The average molecular weight is 418 g/mol. The summed E-state index contributed by atoms with van der Waals surface area (Å²) < 4.78 is 13.3. The maximum absolute atomic E-state index is 13.3. The van der Waals surface area contributed by atoms with Crippen LogP contribution in [0, 0.1) is 5.82 Å². The molecule has 8 heteroatoms. The fraction of sp³-hybridized carbons (Fsp3) is 0.217. The molecule has 0 radical (unpaired) electrons.